The summed E-state index contributed by atoms with van der Waals surface area (Å²) in [5.74, 6) is -0.157. The van der Waals surface area contributed by atoms with Gasteiger partial charge in [-0.15, -0.1) is 23.1 Å². The predicted molar refractivity (Wildman–Crippen MR) is 64.2 cm³/mol. The molecule has 14 heavy (non-hydrogen) atoms. The molecular formula is C9H11BrO2S2. The van der Waals surface area contributed by atoms with Crippen LogP contribution in [-0.4, -0.2) is 16.8 Å². The van der Waals surface area contributed by atoms with E-state index < -0.39 is 11.4 Å². The average Bonchev–Trinajstić information content (AvgIpc) is 2.48. The van der Waals surface area contributed by atoms with Crippen LogP contribution in [0.2, 0.25) is 0 Å². The fraction of sp³-hybridized carbons (Fsp3) is 0.444. The number of carboxylic acids is 1. The van der Waals surface area contributed by atoms with Gasteiger partial charge in [-0.1, -0.05) is 0 Å². The van der Waals surface area contributed by atoms with Gasteiger partial charge in [0, 0.05) is 5.75 Å². The minimum atomic E-state index is -0.749. The minimum absolute atomic E-state index is 0.593. The van der Waals surface area contributed by atoms with Gasteiger partial charge in [0.1, 0.15) is 0 Å². The maximum Gasteiger partial charge on any atom is 0.309 e. The molecule has 0 unspecified atom stereocenters. The normalized spacial score (nSPS) is 11.6. The number of hydrogen-bond donors (Lipinski definition) is 1. The Bertz CT molecular complexity index is 333. The van der Waals surface area contributed by atoms with E-state index >= 15 is 0 Å². The Balaban J connectivity index is 2.52. The first-order valence-electron chi connectivity index (χ1n) is 4.03. The summed E-state index contributed by atoms with van der Waals surface area (Å²) in [6.07, 6.45) is 0. The predicted octanol–water partition coefficient (Wildman–Crippen LogP) is 3.71. The molecule has 0 radical (unpaired) electrons. The van der Waals surface area contributed by atoms with Gasteiger partial charge in [0.05, 0.1) is 13.4 Å². The number of thiophene rings is 1. The summed E-state index contributed by atoms with van der Waals surface area (Å²) in [5, 5.41) is 8.91. The molecule has 0 aliphatic carbocycles. The molecule has 0 saturated heterocycles. The topological polar surface area (TPSA) is 37.3 Å². The Morgan fingerprint density at radius 2 is 2.29 bits per heavy atom. The van der Waals surface area contributed by atoms with Crippen molar-refractivity contribution in [1.29, 1.82) is 0 Å². The van der Waals surface area contributed by atoms with Crippen molar-refractivity contribution in [2.45, 2.75) is 18.1 Å². The zero-order chi connectivity index (χ0) is 10.8. The monoisotopic (exact) mass is 294 g/mol. The molecule has 0 aliphatic heterocycles. The first-order valence-corrected chi connectivity index (χ1v) is 6.63. The molecule has 0 saturated carbocycles. The van der Waals surface area contributed by atoms with Crippen LogP contribution in [0.5, 0.6) is 0 Å². The summed E-state index contributed by atoms with van der Waals surface area (Å²) >= 11 is 6.58. The van der Waals surface area contributed by atoms with Crippen LogP contribution in [0.4, 0.5) is 0 Å². The number of carbonyl (C=O) groups is 1. The van der Waals surface area contributed by atoms with Gasteiger partial charge in [0.25, 0.3) is 0 Å². The third kappa shape index (κ3) is 3.29. The van der Waals surface area contributed by atoms with Crippen LogP contribution in [0.3, 0.4) is 0 Å². The lowest BCUT2D eigenvalue weighted by molar-refractivity contribution is -0.145. The second kappa shape index (κ2) is 4.68. The van der Waals surface area contributed by atoms with Gasteiger partial charge in [-0.3, -0.25) is 4.79 Å². The summed E-state index contributed by atoms with van der Waals surface area (Å²) < 4.78 is 2.22. The van der Waals surface area contributed by atoms with E-state index in [4.69, 9.17) is 5.11 Å². The first-order chi connectivity index (χ1) is 6.42. The van der Waals surface area contributed by atoms with Crippen LogP contribution in [-0.2, 0) is 4.79 Å². The van der Waals surface area contributed by atoms with E-state index in [9.17, 15) is 4.79 Å². The van der Waals surface area contributed by atoms with Crippen LogP contribution >= 0.6 is 39.0 Å². The molecule has 2 nitrogen and oxygen atoms in total. The molecular weight excluding hydrogens is 284 g/mol. The smallest absolute Gasteiger partial charge is 0.309 e. The highest BCUT2D eigenvalue weighted by Crippen LogP contribution is 2.34. The molecule has 1 aromatic rings. The van der Waals surface area contributed by atoms with Crippen LogP contribution in [0.25, 0.3) is 0 Å². The van der Waals surface area contributed by atoms with Crippen molar-refractivity contribution in [3.05, 3.63) is 15.9 Å². The largest absolute Gasteiger partial charge is 0.481 e. The zero-order valence-electron chi connectivity index (χ0n) is 7.91. The van der Waals surface area contributed by atoms with Crippen LogP contribution < -0.4 is 0 Å². The van der Waals surface area contributed by atoms with Gasteiger partial charge in [-0.2, -0.15) is 0 Å². The number of hydrogen-bond acceptors (Lipinski definition) is 3. The highest BCUT2D eigenvalue weighted by atomic mass is 79.9. The maximum atomic E-state index is 10.8. The van der Waals surface area contributed by atoms with Gasteiger partial charge >= 0.3 is 5.97 Å². The lowest BCUT2D eigenvalue weighted by Gasteiger charge is -2.17. The third-order valence-corrected chi connectivity index (χ3v) is 5.01. The van der Waals surface area contributed by atoms with Gasteiger partial charge in [-0.25, -0.2) is 0 Å². The van der Waals surface area contributed by atoms with E-state index in [1.807, 2.05) is 12.1 Å². The number of carboxylic acid groups (broad SMARTS) is 1. The third-order valence-electron chi connectivity index (χ3n) is 1.70. The second-order valence-electron chi connectivity index (χ2n) is 3.54. The molecule has 0 bridgehead atoms. The number of rotatable bonds is 4. The van der Waals surface area contributed by atoms with Gasteiger partial charge in [0.15, 0.2) is 0 Å². The van der Waals surface area contributed by atoms with Crippen LogP contribution in [0.15, 0.2) is 20.1 Å². The van der Waals surface area contributed by atoms with Crippen molar-refractivity contribution >= 4 is 45.0 Å². The van der Waals surface area contributed by atoms with E-state index in [1.165, 1.54) is 0 Å². The highest BCUT2D eigenvalue weighted by Gasteiger charge is 2.27. The van der Waals surface area contributed by atoms with E-state index in [0.717, 1.165) is 8.00 Å². The van der Waals surface area contributed by atoms with Crippen molar-refractivity contribution in [3.8, 4) is 0 Å². The maximum absolute atomic E-state index is 10.8. The molecule has 78 valence electrons. The van der Waals surface area contributed by atoms with Gasteiger partial charge < -0.3 is 5.11 Å². The summed E-state index contributed by atoms with van der Waals surface area (Å²) in [4.78, 5) is 10.8. The fourth-order valence-corrected chi connectivity index (χ4v) is 3.60. The van der Waals surface area contributed by atoms with Crippen LogP contribution in [0, 0.1) is 5.41 Å². The molecule has 0 aliphatic rings. The van der Waals surface area contributed by atoms with Crippen molar-refractivity contribution in [3.63, 3.8) is 0 Å². The molecule has 1 N–H and O–H groups in total. The van der Waals surface area contributed by atoms with Gasteiger partial charge in [-0.05, 0) is 41.9 Å². The van der Waals surface area contributed by atoms with Crippen molar-refractivity contribution in [2.24, 2.45) is 5.41 Å². The highest BCUT2D eigenvalue weighted by molar-refractivity contribution is 9.11. The number of halogens is 1. The SMILES string of the molecule is CC(C)(CSc1ccc(Br)s1)C(=O)O. The summed E-state index contributed by atoms with van der Waals surface area (Å²) in [6, 6.07) is 3.97. The summed E-state index contributed by atoms with van der Waals surface area (Å²) in [7, 11) is 0. The molecule has 0 amide bonds. The zero-order valence-corrected chi connectivity index (χ0v) is 11.1. The first kappa shape index (κ1) is 12.1. The van der Waals surface area contributed by atoms with Crippen molar-refractivity contribution in [1.82, 2.24) is 0 Å². The quantitative estimate of drug-likeness (QED) is 0.860. The molecule has 0 fully saturated rings. The Morgan fingerprint density at radius 3 is 2.71 bits per heavy atom. The molecule has 0 atom stereocenters. The summed E-state index contributed by atoms with van der Waals surface area (Å²) in [6.45, 7) is 3.48. The Labute approximate surface area is 99.8 Å². The molecule has 0 spiro atoms. The van der Waals surface area contributed by atoms with E-state index in [0.29, 0.717) is 5.75 Å². The van der Waals surface area contributed by atoms with Crippen molar-refractivity contribution < 1.29 is 9.90 Å². The Morgan fingerprint density at radius 1 is 1.64 bits per heavy atom. The van der Waals surface area contributed by atoms with E-state index in [-0.39, 0.29) is 0 Å². The average molecular weight is 295 g/mol. The lowest BCUT2D eigenvalue weighted by Crippen LogP contribution is -2.26. The van der Waals surface area contributed by atoms with Gasteiger partial charge in [0.2, 0.25) is 0 Å². The molecule has 1 aromatic heterocycles. The minimum Gasteiger partial charge on any atom is -0.481 e. The Kier molecular flexibility index (Phi) is 4.04. The van der Waals surface area contributed by atoms with Crippen LogP contribution in [0.1, 0.15) is 13.8 Å². The molecule has 1 heterocycles. The number of thioether (sulfide) groups is 1. The lowest BCUT2D eigenvalue weighted by atomic mass is 9.97. The Hall–Kier alpha value is -0.000000000000000111. The summed E-state index contributed by atoms with van der Waals surface area (Å²) in [5.41, 5.74) is -0.666. The molecule has 1 rings (SSSR count). The fourth-order valence-electron chi connectivity index (χ4n) is 0.689. The second-order valence-corrected chi connectivity index (χ2v) is 7.27. The molecule has 5 heteroatoms. The molecule has 0 aromatic carbocycles. The van der Waals surface area contributed by atoms with E-state index in [2.05, 4.69) is 15.9 Å². The standard InChI is InChI=1S/C9H11BrO2S2/c1-9(2,8(11)12)5-13-7-4-3-6(10)14-7/h3-4H,5H2,1-2H3,(H,11,12). The van der Waals surface area contributed by atoms with E-state index in [1.54, 1.807) is 36.9 Å². The number of aliphatic carboxylic acids is 1. The van der Waals surface area contributed by atoms with Crippen molar-refractivity contribution in [2.75, 3.05) is 5.75 Å².